The van der Waals surface area contributed by atoms with Gasteiger partial charge in [0.1, 0.15) is 0 Å². The number of halogens is 2. The number of nitrogens with one attached hydrogen (secondary N) is 1. The number of carbonyl (C=O) groups is 1. The van der Waals surface area contributed by atoms with Gasteiger partial charge in [0.25, 0.3) is 15.9 Å². The zero-order valence-corrected chi connectivity index (χ0v) is 16.3. The lowest BCUT2D eigenvalue weighted by Crippen LogP contribution is -2.27. The van der Waals surface area contributed by atoms with Crippen LogP contribution in [0.1, 0.15) is 15.9 Å². The topological polar surface area (TPSA) is 66.5 Å². The van der Waals surface area contributed by atoms with E-state index in [1.165, 1.54) is 17.0 Å². The number of amides is 1. The Labute approximate surface area is 167 Å². The van der Waals surface area contributed by atoms with Crippen molar-refractivity contribution in [2.75, 3.05) is 11.8 Å². The molecule has 0 aliphatic heterocycles. The third-order valence-corrected chi connectivity index (χ3v) is 5.58. The normalized spacial score (nSPS) is 11.1. The summed E-state index contributed by atoms with van der Waals surface area (Å²) in [4.78, 5) is 13.9. The van der Waals surface area contributed by atoms with Crippen LogP contribution in [0.15, 0.2) is 77.7 Å². The molecule has 0 bridgehead atoms. The van der Waals surface area contributed by atoms with Gasteiger partial charge in [-0.25, -0.2) is 17.2 Å². The molecule has 3 aromatic carbocycles. The van der Waals surface area contributed by atoms with E-state index < -0.39 is 32.5 Å². The molecule has 29 heavy (non-hydrogen) atoms. The van der Waals surface area contributed by atoms with Crippen LogP contribution in [0.4, 0.5) is 14.5 Å². The minimum Gasteiger partial charge on any atom is -0.337 e. The molecule has 0 saturated heterocycles. The maximum atomic E-state index is 13.4. The summed E-state index contributed by atoms with van der Waals surface area (Å²) in [5, 5.41) is 0. The molecule has 5 nitrogen and oxygen atoms in total. The Kier molecular flexibility index (Phi) is 5.93. The molecule has 8 heteroatoms. The van der Waals surface area contributed by atoms with Crippen molar-refractivity contribution in [1.82, 2.24) is 4.90 Å². The molecule has 0 heterocycles. The second kappa shape index (κ2) is 8.40. The van der Waals surface area contributed by atoms with Crippen molar-refractivity contribution in [3.63, 3.8) is 0 Å². The van der Waals surface area contributed by atoms with Crippen LogP contribution < -0.4 is 4.72 Å². The van der Waals surface area contributed by atoms with Crippen molar-refractivity contribution in [1.29, 1.82) is 0 Å². The van der Waals surface area contributed by atoms with Gasteiger partial charge in [-0.05, 0) is 35.9 Å². The SMILES string of the molecule is CN(Cc1ccccc1)C(=O)c1ccccc1NS(=O)(=O)c1ccc(F)c(F)c1. The number of carbonyl (C=O) groups excluding carboxylic acids is 1. The highest BCUT2D eigenvalue weighted by Crippen LogP contribution is 2.23. The van der Waals surface area contributed by atoms with Gasteiger partial charge in [-0.2, -0.15) is 0 Å². The zero-order chi connectivity index (χ0) is 21.0. The highest BCUT2D eigenvalue weighted by atomic mass is 32.2. The quantitative estimate of drug-likeness (QED) is 0.660. The Morgan fingerprint density at radius 3 is 2.28 bits per heavy atom. The highest BCUT2D eigenvalue weighted by Gasteiger charge is 2.21. The van der Waals surface area contributed by atoms with Gasteiger partial charge >= 0.3 is 0 Å². The lowest BCUT2D eigenvalue weighted by molar-refractivity contribution is 0.0786. The van der Waals surface area contributed by atoms with Gasteiger partial charge in [0.15, 0.2) is 11.6 Å². The monoisotopic (exact) mass is 416 g/mol. The summed E-state index contributed by atoms with van der Waals surface area (Å²) in [5.41, 5.74) is 1.10. The molecule has 3 rings (SSSR count). The molecule has 0 aliphatic rings. The number of anilines is 1. The zero-order valence-electron chi connectivity index (χ0n) is 15.5. The van der Waals surface area contributed by atoms with Crippen molar-refractivity contribution >= 4 is 21.6 Å². The average Bonchev–Trinajstić information content (AvgIpc) is 2.70. The van der Waals surface area contributed by atoms with E-state index in [1.807, 2.05) is 30.3 Å². The summed E-state index contributed by atoms with van der Waals surface area (Å²) in [6.07, 6.45) is 0. The number of para-hydroxylation sites is 1. The van der Waals surface area contributed by atoms with Gasteiger partial charge in [0.2, 0.25) is 0 Å². The second-order valence-electron chi connectivity index (χ2n) is 6.37. The molecule has 0 atom stereocenters. The van der Waals surface area contributed by atoms with Gasteiger partial charge in [-0.3, -0.25) is 9.52 Å². The van der Waals surface area contributed by atoms with Crippen LogP contribution in [0, 0.1) is 11.6 Å². The molecule has 0 spiro atoms. The van der Waals surface area contributed by atoms with Crippen LogP contribution in [0.5, 0.6) is 0 Å². The van der Waals surface area contributed by atoms with E-state index in [4.69, 9.17) is 0 Å². The number of hydrogen-bond acceptors (Lipinski definition) is 3. The molecule has 0 radical (unpaired) electrons. The Bertz CT molecular complexity index is 1140. The van der Waals surface area contributed by atoms with Gasteiger partial charge in [-0.15, -0.1) is 0 Å². The maximum absolute atomic E-state index is 13.4. The number of benzene rings is 3. The molecular formula is C21H18F2N2O3S. The van der Waals surface area contributed by atoms with Crippen LogP contribution in [-0.2, 0) is 16.6 Å². The van der Waals surface area contributed by atoms with Gasteiger partial charge in [-0.1, -0.05) is 42.5 Å². The number of sulfonamides is 1. The number of rotatable bonds is 6. The first-order valence-electron chi connectivity index (χ1n) is 8.64. The third kappa shape index (κ3) is 4.78. The van der Waals surface area contributed by atoms with Crippen LogP contribution in [0.25, 0.3) is 0 Å². The maximum Gasteiger partial charge on any atom is 0.262 e. The van der Waals surface area contributed by atoms with Gasteiger partial charge in [0, 0.05) is 13.6 Å². The molecule has 0 aromatic heterocycles. The fourth-order valence-electron chi connectivity index (χ4n) is 2.74. The minimum atomic E-state index is -4.22. The van der Waals surface area contributed by atoms with Crippen LogP contribution in [0.2, 0.25) is 0 Å². The predicted octanol–water partition coefficient (Wildman–Crippen LogP) is 4.04. The number of nitrogens with zero attached hydrogens (tertiary/aromatic N) is 1. The fourth-order valence-corrected chi connectivity index (χ4v) is 3.83. The standard InChI is InChI=1S/C21H18F2N2O3S/c1-25(14-15-7-3-2-4-8-15)21(26)17-9-5-6-10-20(17)24-29(27,28)16-11-12-18(22)19(23)13-16/h2-13,24H,14H2,1H3. The van der Waals surface area contributed by atoms with E-state index in [1.54, 1.807) is 19.2 Å². The first-order valence-corrected chi connectivity index (χ1v) is 10.1. The molecule has 0 aliphatic carbocycles. The summed E-state index contributed by atoms with van der Waals surface area (Å²) in [7, 11) is -2.61. The lowest BCUT2D eigenvalue weighted by atomic mass is 10.1. The lowest BCUT2D eigenvalue weighted by Gasteiger charge is -2.19. The first kappa shape index (κ1) is 20.5. The van der Waals surface area contributed by atoms with E-state index in [-0.39, 0.29) is 11.3 Å². The molecule has 0 fully saturated rings. The fraction of sp³-hybridized carbons (Fsp3) is 0.0952. The molecule has 150 valence electrons. The van der Waals surface area contributed by atoms with Crippen LogP contribution in [0.3, 0.4) is 0 Å². The summed E-state index contributed by atoms with van der Waals surface area (Å²) in [6.45, 7) is 0.337. The van der Waals surface area contributed by atoms with Crippen molar-refractivity contribution < 1.29 is 22.0 Å². The van der Waals surface area contributed by atoms with E-state index in [0.29, 0.717) is 12.6 Å². The predicted molar refractivity (Wildman–Crippen MR) is 106 cm³/mol. The van der Waals surface area contributed by atoms with Gasteiger partial charge < -0.3 is 4.90 Å². The molecule has 0 saturated carbocycles. The van der Waals surface area contributed by atoms with Crippen molar-refractivity contribution in [2.24, 2.45) is 0 Å². The average molecular weight is 416 g/mol. The van der Waals surface area contributed by atoms with Crippen molar-refractivity contribution in [3.8, 4) is 0 Å². The van der Waals surface area contributed by atoms with Crippen molar-refractivity contribution in [3.05, 3.63) is 95.6 Å². The first-order chi connectivity index (χ1) is 13.8. The summed E-state index contributed by atoms with van der Waals surface area (Å²) in [6, 6.07) is 17.7. The third-order valence-electron chi connectivity index (χ3n) is 4.21. The second-order valence-corrected chi connectivity index (χ2v) is 8.06. The molecule has 0 unspecified atom stereocenters. The van der Waals surface area contributed by atoms with E-state index in [2.05, 4.69) is 4.72 Å². The Hall–Kier alpha value is -3.26. The number of hydrogen-bond donors (Lipinski definition) is 1. The Morgan fingerprint density at radius 2 is 1.59 bits per heavy atom. The molecule has 1 N–H and O–H groups in total. The smallest absolute Gasteiger partial charge is 0.262 e. The van der Waals surface area contributed by atoms with Crippen LogP contribution >= 0.6 is 0 Å². The van der Waals surface area contributed by atoms with E-state index in [0.717, 1.165) is 17.7 Å². The summed E-state index contributed by atoms with van der Waals surface area (Å²) >= 11 is 0. The van der Waals surface area contributed by atoms with E-state index in [9.17, 15) is 22.0 Å². The largest absolute Gasteiger partial charge is 0.337 e. The minimum absolute atomic E-state index is 0.0437. The van der Waals surface area contributed by atoms with Crippen LogP contribution in [-0.4, -0.2) is 26.3 Å². The molecule has 3 aromatic rings. The Morgan fingerprint density at radius 1 is 0.931 bits per heavy atom. The van der Waals surface area contributed by atoms with Crippen molar-refractivity contribution in [2.45, 2.75) is 11.4 Å². The summed E-state index contributed by atoms with van der Waals surface area (Å²) in [5.74, 6) is -2.82. The Balaban J connectivity index is 1.86. The van der Waals surface area contributed by atoms with E-state index >= 15 is 0 Å². The highest BCUT2D eigenvalue weighted by molar-refractivity contribution is 7.92. The molecular weight excluding hydrogens is 398 g/mol. The van der Waals surface area contributed by atoms with Gasteiger partial charge in [0.05, 0.1) is 16.1 Å². The molecule has 1 amide bonds. The summed E-state index contributed by atoms with van der Waals surface area (Å²) < 4.78 is 54.0.